The minimum absolute atomic E-state index is 0.277. The third kappa shape index (κ3) is 3.41. The van der Waals surface area contributed by atoms with Crippen LogP contribution >= 0.6 is 11.6 Å². The monoisotopic (exact) mass is 227 g/mol. The van der Waals surface area contributed by atoms with E-state index in [-0.39, 0.29) is 5.28 Å². The Labute approximate surface area is 94.0 Å². The molecular weight excluding hydrogens is 214 g/mol. The van der Waals surface area contributed by atoms with Gasteiger partial charge in [0.05, 0.1) is 18.9 Å². The number of hydrogen-bond acceptors (Lipinski definition) is 4. The van der Waals surface area contributed by atoms with Crippen LogP contribution in [0.5, 0.6) is 0 Å². The average molecular weight is 228 g/mol. The molecule has 2 rings (SSSR count). The molecule has 82 valence electrons. The van der Waals surface area contributed by atoms with Crippen molar-refractivity contribution in [2.24, 2.45) is 5.92 Å². The first-order valence-electron chi connectivity index (χ1n) is 5.10. The van der Waals surface area contributed by atoms with Gasteiger partial charge in [-0.15, -0.1) is 0 Å². The second-order valence-corrected chi connectivity index (χ2v) is 4.03. The molecule has 1 aromatic heterocycles. The molecule has 4 nitrogen and oxygen atoms in total. The van der Waals surface area contributed by atoms with E-state index in [0.717, 1.165) is 25.4 Å². The Morgan fingerprint density at radius 1 is 1.60 bits per heavy atom. The van der Waals surface area contributed by atoms with E-state index >= 15 is 0 Å². The van der Waals surface area contributed by atoms with Crippen LogP contribution in [0.4, 0.5) is 0 Å². The van der Waals surface area contributed by atoms with Gasteiger partial charge in [-0.2, -0.15) is 0 Å². The predicted octanol–water partition coefficient (Wildman–Crippen LogP) is 1.26. The first kappa shape index (κ1) is 10.8. The summed E-state index contributed by atoms with van der Waals surface area (Å²) in [7, 11) is 0. The summed E-state index contributed by atoms with van der Waals surface area (Å²) in [6, 6.07) is 1.82. The maximum absolute atomic E-state index is 5.66. The summed E-state index contributed by atoms with van der Waals surface area (Å²) in [6.45, 7) is 3.46. The molecule has 0 unspecified atom stereocenters. The highest BCUT2D eigenvalue weighted by molar-refractivity contribution is 6.28. The van der Waals surface area contributed by atoms with Gasteiger partial charge in [0.2, 0.25) is 5.28 Å². The van der Waals surface area contributed by atoms with Gasteiger partial charge in [0.25, 0.3) is 0 Å². The zero-order valence-corrected chi connectivity index (χ0v) is 9.20. The Hall–Kier alpha value is -0.710. The number of hydrogen-bond donors (Lipinski definition) is 1. The highest BCUT2D eigenvalue weighted by Crippen LogP contribution is 2.09. The van der Waals surface area contributed by atoms with Crippen LogP contribution in [0.3, 0.4) is 0 Å². The summed E-state index contributed by atoms with van der Waals surface area (Å²) in [4.78, 5) is 7.87. The van der Waals surface area contributed by atoms with Crippen LogP contribution in [0.1, 0.15) is 12.1 Å². The number of halogens is 1. The first-order chi connectivity index (χ1) is 7.34. The molecule has 1 aliphatic rings. The number of ether oxygens (including phenoxy) is 1. The van der Waals surface area contributed by atoms with Crippen molar-refractivity contribution in [1.29, 1.82) is 0 Å². The summed E-state index contributed by atoms with van der Waals surface area (Å²) in [5.41, 5.74) is 0.834. The molecule has 0 saturated carbocycles. The molecule has 2 heterocycles. The minimum Gasteiger partial charge on any atom is -0.375 e. The quantitative estimate of drug-likeness (QED) is 0.787. The smallest absolute Gasteiger partial charge is 0.222 e. The number of rotatable bonds is 4. The summed E-state index contributed by atoms with van der Waals surface area (Å²) >= 11 is 5.66. The third-order valence-corrected chi connectivity index (χ3v) is 2.63. The van der Waals surface area contributed by atoms with Crippen molar-refractivity contribution in [2.75, 3.05) is 19.7 Å². The molecule has 1 saturated heterocycles. The Kier molecular flexibility index (Phi) is 3.88. The molecule has 0 radical (unpaired) electrons. The Morgan fingerprint density at radius 2 is 2.53 bits per heavy atom. The molecule has 1 atom stereocenters. The van der Waals surface area contributed by atoms with Gasteiger partial charge in [0.15, 0.2) is 0 Å². The van der Waals surface area contributed by atoms with E-state index in [0.29, 0.717) is 12.5 Å². The Bertz CT molecular complexity index is 315. The van der Waals surface area contributed by atoms with Crippen molar-refractivity contribution in [2.45, 2.75) is 13.0 Å². The molecule has 1 fully saturated rings. The van der Waals surface area contributed by atoms with Gasteiger partial charge in [0.1, 0.15) is 0 Å². The van der Waals surface area contributed by atoms with E-state index in [2.05, 4.69) is 15.3 Å². The van der Waals surface area contributed by atoms with Crippen LogP contribution < -0.4 is 5.32 Å². The lowest BCUT2D eigenvalue weighted by Crippen LogP contribution is -2.14. The molecule has 0 aliphatic carbocycles. The van der Waals surface area contributed by atoms with Crippen LogP contribution in [-0.2, 0) is 11.3 Å². The van der Waals surface area contributed by atoms with E-state index in [1.165, 1.54) is 6.42 Å². The fourth-order valence-electron chi connectivity index (χ4n) is 1.64. The van der Waals surface area contributed by atoms with Crippen LogP contribution in [0.2, 0.25) is 5.28 Å². The predicted molar refractivity (Wildman–Crippen MR) is 57.7 cm³/mol. The fraction of sp³-hybridized carbons (Fsp3) is 0.600. The van der Waals surface area contributed by atoms with Crippen LogP contribution in [-0.4, -0.2) is 29.7 Å². The lowest BCUT2D eigenvalue weighted by Gasteiger charge is -2.08. The Balaban J connectivity index is 1.73. The molecule has 0 aromatic carbocycles. The van der Waals surface area contributed by atoms with Gasteiger partial charge >= 0.3 is 0 Å². The average Bonchev–Trinajstić information content (AvgIpc) is 2.71. The Morgan fingerprint density at radius 3 is 3.27 bits per heavy atom. The number of nitrogens with one attached hydrogen (secondary N) is 1. The van der Waals surface area contributed by atoms with Gasteiger partial charge in [-0.05, 0) is 36.6 Å². The van der Waals surface area contributed by atoms with Gasteiger partial charge in [-0.25, -0.2) is 9.97 Å². The van der Waals surface area contributed by atoms with Crippen molar-refractivity contribution in [3.8, 4) is 0 Å². The van der Waals surface area contributed by atoms with Crippen molar-refractivity contribution in [3.05, 3.63) is 23.2 Å². The van der Waals surface area contributed by atoms with Gasteiger partial charge in [-0.3, -0.25) is 0 Å². The second kappa shape index (κ2) is 5.39. The SMILES string of the molecule is Clc1nccc(COC[C@@H]2CCNC2)n1. The molecular formula is C10H14ClN3O. The standard InChI is InChI=1S/C10H14ClN3O/c11-10-13-4-2-9(14-10)7-15-6-8-1-3-12-5-8/h2,4,8,12H,1,3,5-7H2/t8-/m1/s1. The lowest BCUT2D eigenvalue weighted by atomic mass is 10.1. The summed E-state index contributed by atoms with van der Waals surface area (Å²) in [5.74, 6) is 0.641. The zero-order valence-electron chi connectivity index (χ0n) is 8.45. The second-order valence-electron chi connectivity index (χ2n) is 3.69. The maximum Gasteiger partial charge on any atom is 0.222 e. The first-order valence-corrected chi connectivity index (χ1v) is 5.48. The molecule has 0 bridgehead atoms. The molecule has 0 amide bonds. The van der Waals surface area contributed by atoms with Crippen molar-refractivity contribution < 1.29 is 4.74 Å². The third-order valence-electron chi connectivity index (χ3n) is 2.45. The fourth-order valence-corrected chi connectivity index (χ4v) is 1.80. The maximum atomic E-state index is 5.66. The minimum atomic E-state index is 0.277. The van der Waals surface area contributed by atoms with Crippen LogP contribution in [0, 0.1) is 5.92 Å². The number of aromatic nitrogens is 2. The molecule has 15 heavy (non-hydrogen) atoms. The van der Waals surface area contributed by atoms with Crippen LogP contribution in [0.15, 0.2) is 12.3 Å². The summed E-state index contributed by atoms with van der Waals surface area (Å²) in [6.07, 6.45) is 2.84. The summed E-state index contributed by atoms with van der Waals surface area (Å²) in [5, 5.41) is 3.58. The van der Waals surface area contributed by atoms with Gasteiger partial charge in [0, 0.05) is 12.7 Å². The normalized spacial score (nSPS) is 20.7. The highest BCUT2D eigenvalue weighted by Gasteiger charge is 2.14. The van der Waals surface area contributed by atoms with Crippen molar-refractivity contribution >= 4 is 11.6 Å². The van der Waals surface area contributed by atoms with Crippen LogP contribution in [0.25, 0.3) is 0 Å². The topological polar surface area (TPSA) is 47.0 Å². The van der Waals surface area contributed by atoms with E-state index < -0.39 is 0 Å². The molecule has 5 heteroatoms. The molecule has 0 spiro atoms. The zero-order chi connectivity index (χ0) is 10.5. The van der Waals surface area contributed by atoms with E-state index in [1.54, 1.807) is 6.20 Å². The van der Waals surface area contributed by atoms with E-state index in [4.69, 9.17) is 16.3 Å². The van der Waals surface area contributed by atoms with E-state index in [9.17, 15) is 0 Å². The number of nitrogens with zero attached hydrogens (tertiary/aromatic N) is 2. The van der Waals surface area contributed by atoms with E-state index in [1.807, 2.05) is 6.07 Å². The van der Waals surface area contributed by atoms with Gasteiger partial charge < -0.3 is 10.1 Å². The van der Waals surface area contributed by atoms with Crippen molar-refractivity contribution in [3.63, 3.8) is 0 Å². The molecule has 1 aromatic rings. The lowest BCUT2D eigenvalue weighted by molar-refractivity contribution is 0.0902. The summed E-state index contributed by atoms with van der Waals surface area (Å²) < 4.78 is 5.57. The largest absolute Gasteiger partial charge is 0.375 e. The van der Waals surface area contributed by atoms with Gasteiger partial charge in [-0.1, -0.05) is 0 Å². The van der Waals surface area contributed by atoms with Crippen molar-refractivity contribution in [1.82, 2.24) is 15.3 Å². The molecule has 1 aliphatic heterocycles. The molecule has 1 N–H and O–H groups in total. The highest BCUT2D eigenvalue weighted by atomic mass is 35.5.